The average Bonchev–Trinajstić information content (AvgIpc) is 3.30. The highest BCUT2D eigenvalue weighted by Crippen LogP contribution is 2.59. The first-order chi connectivity index (χ1) is 15.1. The second-order valence-corrected chi connectivity index (χ2v) is 12.7. The van der Waals surface area contributed by atoms with Crippen LogP contribution in [0.3, 0.4) is 0 Å². The molecule has 1 saturated heterocycles. The van der Waals surface area contributed by atoms with Gasteiger partial charge >= 0.3 is 5.97 Å². The van der Waals surface area contributed by atoms with Crippen molar-refractivity contribution in [2.75, 3.05) is 18.1 Å². The Labute approximate surface area is 188 Å². The van der Waals surface area contributed by atoms with Crippen LogP contribution in [-0.2, 0) is 20.4 Å². The fraction of sp³-hybridized carbons (Fsp3) is 0.593. The molecule has 164 valence electrons. The van der Waals surface area contributed by atoms with Gasteiger partial charge in [-0.3, -0.25) is 0 Å². The summed E-state index contributed by atoms with van der Waals surface area (Å²) in [5.41, 5.74) is -0.288. The number of ether oxygens (including phenoxy) is 2. The fourth-order valence-electron chi connectivity index (χ4n) is 7.19. The van der Waals surface area contributed by atoms with Gasteiger partial charge in [-0.15, -0.1) is 0 Å². The van der Waals surface area contributed by atoms with Gasteiger partial charge < -0.3 is 9.47 Å². The SMILES string of the molecule is CC1(OC(=O)COc2ccc([S+]3CCCC3)c3ccccc23)C2CC3CC(C2)CC1C3. The van der Waals surface area contributed by atoms with E-state index in [0.29, 0.717) is 22.7 Å². The third-order valence-electron chi connectivity index (χ3n) is 8.63. The molecule has 0 amide bonds. The van der Waals surface area contributed by atoms with E-state index in [9.17, 15) is 4.79 Å². The van der Waals surface area contributed by atoms with Gasteiger partial charge in [-0.05, 0) is 93.7 Å². The van der Waals surface area contributed by atoms with Crippen molar-refractivity contribution in [1.82, 2.24) is 0 Å². The molecule has 0 N–H and O–H groups in total. The zero-order valence-corrected chi connectivity index (χ0v) is 19.3. The Bertz CT molecular complexity index is 965. The van der Waals surface area contributed by atoms with Crippen LogP contribution in [0.2, 0.25) is 0 Å². The number of hydrogen-bond acceptors (Lipinski definition) is 3. The van der Waals surface area contributed by atoms with Crippen molar-refractivity contribution in [3.63, 3.8) is 0 Å². The van der Waals surface area contributed by atoms with Crippen LogP contribution in [0.25, 0.3) is 10.8 Å². The molecule has 0 aromatic heterocycles. The highest BCUT2D eigenvalue weighted by molar-refractivity contribution is 7.97. The molecule has 5 fully saturated rings. The van der Waals surface area contributed by atoms with Crippen molar-refractivity contribution in [1.29, 1.82) is 0 Å². The molecule has 7 rings (SSSR count). The van der Waals surface area contributed by atoms with Crippen molar-refractivity contribution in [3.8, 4) is 5.75 Å². The van der Waals surface area contributed by atoms with Gasteiger partial charge in [0.15, 0.2) is 11.5 Å². The van der Waals surface area contributed by atoms with E-state index in [4.69, 9.17) is 9.47 Å². The highest BCUT2D eigenvalue weighted by atomic mass is 32.2. The van der Waals surface area contributed by atoms with E-state index in [2.05, 4.69) is 43.3 Å². The Morgan fingerprint density at radius 2 is 1.58 bits per heavy atom. The summed E-state index contributed by atoms with van der Waals surface area (Å²) < 4.78 is 12.3. The highest BCUT2D eigenvalue weighted by Gasteiger charge is 2.57. The third kappa shape index (κ3) is 3.46. The lowest BCUT2D eigenvalue weighted by Gasteiger charge is -2.59. The first-order valence-electron chi connectivity index (χ1n) is 12.1. The van der Waals surface area contributed by atoms with E-state index in [1.165, 1.54) is 66.7 Å². The predicted octanol–water partition coefficient (Wildman–Crippen LogP) is 5.75. The van der Waals surface area contributed by atoms with Crippen LogP contribution in [0.4, 0.5) is 0 Å². The summed E-state index contributed by atoms with van der Waals surface area (Å²) in [5, 5.41) is 2.40. The molecule has 4 aliphatic carbocycles. The maximum absolute atomic E-state index is 12.9. The smallest absolute Gasteiger partial charge is 0.344 e. The van der Waals surface area contributed by atoms with E-state index < -0.39 is 0 Å². The maximum Gasteiger partial charge on any atom is 0.344 e. The number of rotatable bonds is 5. The van der Waals surface area contributed by atoms with E-state index in [-0.39, 0.29) is 18.2 Å². The lowest BCUT2D eigenvalue weighted by atomic mass is 9.50. The molecular formula is C27H33O3S+. The monoisotopic (exact) mass is 437 g/mol. The molecule has 1 aliphatic heterocycles. The van der Waals surface area contributed by atoms with Crippen molar-refractivity contribution < 1.29 is 14.3 Å². The summed E-state index contributed by atoms with van der Waals surface area (Å²) in [4.78, 5) is 14.3. The topological polar surface area (TPSA) is 35.5 Å². The standard InChI is InChI=1S/C27H33O3S/c1-27(20-13-18-12-19(15-20)16-21(27)14-18)30-26(28)17-29-24-8-9-25(31-10-4-5-11-31)23-7-3-2-6-22(23)24/h2-3,6-9,18-21H,4-5,10-17H2,1H3/q+1. The number of benzene rings is 2. The molecular weight excluding hydrogens is 404 g/mol. The number of fused-ring (bicyclic) bond motifs is 1. The van der Waals surface area contributed by atoms with Crippen LogP contribution < -0.4 is 4.74 Å². The van der Waals surface area contributed by atoms with Crippen LogP contribution in [0.5, 0.6) is 5.75 Å². The molecule has 5 aliphatic rings. The van der Waals surface area contributed by atoms with Crippen molar-refractivity contribution in [2.45, 2.75) is 62.4 Å². The normalized spacial score (nSPS) is 34.4. The minimum absolute atomic E-state index is 0.00303. The quantitative estimate of drug-likeness (QED) is 0.441. The van der Waals surface area contributed by atoms with E-state index in [1.54, 1.807) is 0 Å². The minimum atomic E-state index is -0.288. The molecule has 0 unspecified atom stereocenters. The summed E-state index contributed by atoms with van der Waals surface area (Å²) in [6, 6.07) is 12.8. The Kier molecular flexibility index (Phi) is 4.97. The fourth-order valence-corrected chi connectivity index (χ4v) is 9.69. The van der Waals surface area contributed by atoms with Crippen LogP contribution in [-0.4, -0.2) is 29.7 Å². The van der Waals surface area contributed by atoms with Gasteiger partial charge in [-0.1, -0.05) is 18.2 Å². The minimum Gasteiger partial charge on any atom is -0.481 e. The first kappa shape index (κ1) is 20.0. The number of hydrogen-bond donors (Lipinski definition) is 0. The molecule has 3 nitrogen and oxygen atoms in total. The Morgan fingerprint density at radius 3 is 2.26 bits per heavy atom. The van der Waals surface area contributed by atoms with Crippen molar-refractivity contribution >= 4 is 27.6 Å². The molecule has 2 aromatic rings. The lowest BCUT2D eigenvalue weighted by Crippen LogP contribution is -2.58. The third-order valence-corrected chi connectivity index (χ3v) is 11.2. The first-order valence-corrected chi connectivity index (χ1v) is 13.7. The predicted molar refractivity (Wildman–Crippen MR) is 126 cm³/mol. The molecule has 31 heavy (non-hydrogen) atoms. The Morgan fingerprint density at radius 1 is 0.935 bits per heavy atom. The summed E-state index contributed by atoms with van der Waals surface area (Å²) in [7, 11) is 0.354. The molecule has 4 heteroatoms. The Balaban J connectivity index is 1.17. The van der Waals surface area contributed by atoms with Gasteiger partial charge in [-0.2, -0.15) is 0 Å². The van der Waals surface area contributed by atoms with E-state index in [0.717, 1.165) is 23.0 Å². The zero-order chi connectivity index (χ0) is 21.0. The van der Waals surface area contributed by atoms with Gasteiger partial charge in [0.05, 0.1) is 0 Å². The van der Waals surface area contributed by atoms with Gasteiger partial charge in [0, 0.05) is 21.7 Å². The zero-order valence-electron chi connectivity index (χ0n) is 18.5. The van der Waals surface area contributed by atoms with Gasteiger partial charge in [0.25, 0.3) is 0 Å². The van der Waals surface area contributed by atoms with Crippen LogP contribution in [0.1, 0.15) is 51.9 Å². The van der Waals surface area contributed by atoms with Crippen molar-refractivity contribution in [3.05, 3.63) is 36.4 Å². The average molecular weight is 438 g/mol. The maximum atomic E-state index is 12.9. The number of carbonyl (C=O) groups excluding carboxylic acids is 1. The van der Waals surface area contributed by atoms with Gasteiger partial charge in [0.1, 0.15) is 22.9 Å². The molecule has 1 heterocycles. The van der Waals surface area contributed by atoms with Crippen LogP contribution in [0, 0.1) is 23.7 Å². The second kappa shape index (κ2) is 7.72. The van der Waals surface area contributed by atoms with E-state index >= 15 is 0 Å². The summed E-state index contributed by atoms with van der Waals surface area (Å²) in [6.45, 7) is 2.20. The largest absolute Gasteiger partial charge is 0.481 e. The van der Waals surface area contributed by atoms with Gasteiger partial charge in [-0.25, -0.2) is 4.79 Å². The summed E-state index contributed by atoms with van der Waals surface area (Å²) >= 11 is 0. The second-order valence-electron chi connectivity index (χ2n) is 10.5. The number of carbonyl (C=O) groups is 1. The summed E-state index contributed by atoms with van der Waals surface area (Å²) in [5.74, 6) is 6.03. The summed E-state index contributed by atoms with van der Waals surface area (Å²) in [6.07, 6.45) is 9.05. The van der Waals surface area contributed by atoms with Gasteiger partial charge in [0.2, 0.25) is 0 Å². The Hall–Kier alpha value is -1.68. The molecule has 2 aromatic carbocycles. The molecule has 4 saturated carbocycles. The van der Waals surface area contributed by atoms with Crippen LogP contribution in [0.15, 0.2) is 41.3 Å². The van der Waals surface area contributed by atoms with Crippen LogP contribution >= 0.6 is 0 Å². The molecule has 0 atom stereocenters. The molecule has 0 radical (unpaired) electrons. The molecule has 4 bridgehead atoms. The number of esters is 1. The van der Waals surface area contributed by atoms with Crippen molar-refractivity contribution in [2.24, 2.45) is 23.7 Å². The molecule has 0 spiro atoms. The lowest BCUT2D eigenvalue weighted by molar-refractivity contribution is -0.204. The van der Waals surface area contributed by atoms with E-state index in [1.807, 2.05) is 0 Å².